The van der Waals surface area contributed by atoms with Crippen LogP contribution in [0.5, 0.6) is 0 Å². The topological polar surface area (TPSA) is 78.8 Å². The Balaban J connectivity index is 1.73. The fourth-order valence-corrected chi connectivity index (χ4v) is 4.17. The van der Waals surface area contributed by atoms with Gasteiger partial charge >= 0.3 is 0 Å². The van der Waals surface area contributed by atoms with Gasteiger partial charge in [0.05, 0.1) is 0 Å². The van der Waals surface area contributed by atoms with Gasteiger partial charge in [0, 0.05) is 73.9 Å². The second-order valence-electron chi connectivity index (χ2n) is 8.67. The Kier molecular flexibility index (Phi) is 7.09. The maximum Gasteiger partial charge on any atom is 0.176 e. The van der Waals surface area contributed by atoms with Gasteiger partial charge in [0.25, 0.3) is 0 Å². The van der Waals surface area contributed by atoms with Crippen LogP contribution in [0.15, 0.2) is 94.2 Å². The molecule has 0 N–H and O–H groups in total. The molecule has 4 aromatic carbocycles. The Morgan fingerprint density at radius 2 is 0.944 bits per heavy atom. The number of benzene rings is 4. The lowest BCUT2D eigenvalue weighted by atomic mass is 10.0. The second kappa shape index (κ2) is 10.5. The predicted octanol–water partition coefficient (Wildman–Crippen LogP) is 5.92. The molecule has 0 radical (unpaired) electrons. The molecule has 0 aliphatic rings. The van der Waals surface area contributed by atoms with E-state index >= 15 is 0 Å². The lowest BCUT2D eigenvalue weighted by molar-refractivity contribution is 1.14. The molecule has 0 fully saturated rings. The third-order valence-corrected chi connectivity index (χ3v) is 5.93. The summed E-state index contributed by atoms with van der Waals surface area (Å²) in [6.07, 6.45) is 3.24. The van der Waals surface area contributed by atoms with Crippen LogP contribution < -0.4 is 9.80 Å². The quantitative estimate of drug-likeness (QED) is 0.259. The number of hydrogen-bond acceptors (Lipinski definition) is 6. The van der Waals surface area contributed by atoms with Crippen molar-refractivity contribution in [3.63, 3.8) is 0 Å². The second-order valence-corrected chi connectivity index (χ2v) is 8.67. The van der Waals surface area contributed by atoms with Crippen LogP contribution in [-0.4, -0.2) is 40.6 Å². The number of aliphatic imine (C=N–C) groups is 2. The summed E-state index contributed by atoms with van der Waals surface area (Å²) in [7, 11) is 8.00. The zero-order chi connectivity index (χ0) is 25.7. The highest BCUT2D eigenvalue weighted by molar-refractivity contribution is 6.06. The average Bonchev–Trinajstić information content (AvgIpc) is 2.89. The summed E-state index contributed by atoms with van der Waals surface area (Å²) in [5.74, 6) is 0. The molecule has 0 heterocycles. The molecule has 0 aliphatic heterocycles. The molecular weight excluding hydrogens is 444 g/mol. The molecule has 0 spiro atoms. The van der Waals surface area contributed by atoms with Crippen LogP contribution in [0, 0.1) is 22.7 Å². The van der Waals surface area contributed by atoms with Crippen LogP contribution in [0.1, 0.15) is 11.1 Å². The SMILES string of the molecule is CN(C)c1ccc(C=N/C(C#N)=C(\C#N)N=Cc2ccc(N(C)C)c3ccccc23)c2ccccc12. The van der Waals surface area contributed by atoms with E-state index in [1.54, 1.807) is 12.4 Å². The van der Waals surface area contributed by atoms with E-state index in [1.165, 1.54) is 0 Å². The van der Waals surface area contributed by atoms with Crippen molar-refractivity contribution in [2.75, 3.05) is 38.0 Å². The summed E-state index contributed by atoms with van der Waals surface area (Å²) in [4.78, 5) is 12.8. The van der Waals surface area contributed by atoms with Gasteiger partial charge in [-0.05, 0) is 22.9 Å². The highest BCUT2D eigenvalue weighted by Crippen LogP contribution is 2.29. The van der Waals surface area contributed by atoms with Gasteiger partial charge in [-0.25, -0.2) is 9.98 Å². The molecule has 0 aliphatic carbocycles. The number of fused-ring (bicyclic) bond motifs is 2. The number of hydrogen-bond donors (Lipinski definition) is 0. The highest BCUT2D eigenvalue weighted by atomic mass is 15.1. The molecule has 0 amide bonds. The molecular formula is C30H26N6. The Morgan fingerprint density at radius 1 is 0.583 bits per heavy atom. The summed E-state index contributed by atoms with van der Waals surface area (Å²) < 4.78 is 0. The minimum Gasteiger partial charge on any atom is -0.377 e. The number of nitriles is 2. The van der Waals surface area contributed by atoms with Crippen LogP contribution in [0.25, 0.3) is 21.5 Å². The molecule has 0 saturated heterocycles. The fourth-order valence-electron chi connectivity index (χ4n) is 4.17. The number of nitrogens with zero attached hydrogens (tertiary/aromatic N) is 6. The molecule has 0 bridgehead atoms. The van der Waals surface area contributed by atoms with E-state index in [4.69, 9.17) is 0 Å². The minimum atomic E-state index is -0.0382. The maximum atomic E-state index is 9.74. The van der Waals surface area contributed by atoms with Gasteiger partial charge in [-0.1, -0.05) is 60.7 Å². The van der Waals surface area contributed by atoms with Gasteiger partial charge in [0.2, 0.25) is 0 Å². The van der Waals surface area contributed by atoms with E-state index in [2.05, 4.69) is 31.9 Å². The lowest BCUT2D eigenvalue weighted by Crippen LogP contribution is -2.09. The zero-order valence-corrected chi connectivity index (χ0v) is 20.8. The van der Waals surface area contributed by atoms with Crippen molar-refractivity contribution in [2.45, 2.75) is 0 Å². The average molecular weight is 471 g/mol. The fraction of sp³-hybridized carbons (Fsp3) is 0.133. The van der Waals surface area contributed by atoms with Crippen LogP contribution in [0.2, 0.25) is 0 Å². The molecule has 6 heteroatoms. The first-order valence-corrected chi connectivity index (χ1v) is 11.5. The van der Waals surface area contributed by atoms with Crippen LogP contribution in [-0.2, 0) is 0 Å². The van der Waals surface area contributed by atoms with Gasteiger partial charge in [-0.2, -0.15) is 10.5 Å². The Morgan fingerprint density at radius 3 is 1.28 bits per heavy atom. The molecule has 0 aromatic heterocycles. The van der Waals surface area contributed by atoms with E-state index in [0.29, 0.717) is 0 Å². The van der Waals surface area contributed by atoms with Crippen LogP contribution in [0.3, 0.4) is 0 Å². The van der Waals surface area contributed by atoms with Gasteiger partial charge in [-0.3, -0.25) is 0 Å². The molecule has 4 rings (SSSR count). The van der Waals surface area contributed by atoms with E-state index in [0.717, 1.165) is 44.0 Å². The third-order valence-electron chi connectivity index (χ3n) is 5.93. The standard InChI is InChI=1S/C30H26N6/c1-35(2)29-15-13-21(23-9-5-7-11-25(23)29)19-33-27(17-31)28(18-32)34-20-22-14-16-30(36(3)4)26-12-8-6-10-24(22)26/h5-16,19-20H,1-4H3/b28-27+,33-19?,34-20?. The smallest absolute Gasteiger partial charge is 0.176 e. The number of allylic oxidation sites excluding steroid dienone is 2. The molecule has 0 saturated carbocycles. The summed E-state index contributed by atoms with van der Waals surface area (Å²) in [6.45, 7) is 0. The largest absolute Gasteiger partial charge is 0.377 e. The van der Waals surface area contributed by atoms with Crippen molar-refractivity contribution in [2.24, 2.45) is 9.98 Å². The van der Waals surface area contributed by atoms with Crippen molar-refractivity contribution in [1.29, 1.82) is 10.5 Å². The first-order chi connectivity index (χ1) is 17.4. The highest BCUT2D eigenvalue weighted by Gasteiger charge is 2.09. The van der Waals surface area contributed by atoms with E-state index in [1.807, 2.05) is 101 Å². The van der Waals surface area contributed by atoms with Crippen molar-refractivity contribution < 1.29 is 0 Å². The zero-order valence-electron chi connectivity index (χ0n) is 20.8. The summed E-state index contributed by atoms with van der Waals surface area (Å²) in [6, 6.07) is 28.1. The molecule has 0 atom stereocenters. The van der Waals surface area contributed by atoms with Gasteiger partial charge in [-0.15, -0.1) is 0 Å². The van der Waals surface area contributed by atoms with E-state index < -0.39 is 0 Å². The number of anilines is 2. The first-order valence-electron chi connectivity index (χ1n) is 11.5. The first kappa shape index (κ1) is 24.2. The third kappa shape index (κ3) is 4.80. The summed E-state index contributed by atoms with van der Waals surface area (Å²) in [5.41, 5.74) is 3.82. The molecule has 0 unspecified atom stereocenters. The Labute approximate surface area is 211 Å². The van der Waals surface area contributed by atoms with Crippen molar-refractivity contribution in [3.8, 4) is 12.1 Å². The molecule has 176 valence electrons. The molecule has 36 heavy (non-hydrogen) atoms. The number of rotatable bonds is 6. The summed E-state index contributed by atoms with van der Waals surface area (Å²) in [5, 5.41) is 23.7. The van der Waals surface area contributed by atoms with E-state index in [-0.39, 0.29) is 11.4 Å². The normalized spacial score (nSPS) is 12.1. The monoisotopic (exact) mass is 470 g/mol. The Bertz CT molecular complexity index is 1490. The minimum absolute atomic E-state index is 0.0382. The van der Waals surface area contributed by atoms with Crippen LogP contribution in [0.4, 0.5) is 11.4 Å². The van der Waals surface area contributed by atoms with Crippen molar-refractivity contribution in [3.05, 3.63) is 95.3 Å². The molecule has 4 aromatic rings. The Hall–Kier alpha value is -4.94. The van der Waals surface area contributed by atoms with Crippen LogP contribution >= 0.6 is 0 Å². The lowest BCUT2D eigenvalue weighted by Gasteiger charge is -2.16. The van der Waals surface area contributed by atoms with Crippen molar-refractivity contribution >= 4 is 45.3 Å². The predicted molar refractivity (Wildman–Crippen MR) is 150 cm³/mol. The van der Waals surface area contributed by atoms with Gasteiger partial charge in [0.15, 0.2) is 11.4 Å². The summed E-state index contributed by atoms with van der Waals surface area (Å²) >= 11 is 0. The van der Waals surface area contributed by atoms with Gasteiger partial charge < -0.3 is 9.80 Å². The van der Waals surface area contributed by atoms with E-state index in [9.17, 15) is 10.5 Å². The van der Waals surface area contributed by atoms with Gasteiger partial charge in [0.1, 0.15) is 12.1 Å². The maximum absolute atomic E-state index is 9.74. The van der Waals surface area contributed by atoms with Crippen molar-refractivity contribution in [1.82, 2.24) is 0 Å². The molecule has 6 nitrogen and oxygen atoms in total.